The number of hydrogen-bond acceptors (Lipinski definition) is 4. The molecular formula is C18H13N3O3. The van der Waals surface area contributed by atoms with Crippen molar-refractivity contribution in [2.45, 2.75) is 6.54 Å². The molecule has 0 saturated heterocycles. The molecule has 2 aromatic heterocycles. The van der Waals surface area contributed by atoms with E-state index in [9.17, 15) is 9.59 Å². The number of benzene rings is 2. The summed E-state index contributed by atoms with van der Waals surface area (Å²) >= 11 is 0. The van der Waals surface area contributed by atoms with Gasteiger partial charge in [-0.1, -0.05) is 30.3 Å². The Kier molecular flexibility index (Phi) is 3.35. The van der Waals surface area contributed by atoms with Crippen molar-refractivity contribution < 1.29 is 9.21 Å². The molecule has 0 aliphatic carbocycles. The van der Waals surface area contributed by atoms with Crippen molar-refractivity contribution in [2.24, 2.45) is 0 Å². The molecule has 2 aromatic carbocycles. The van der Waals surface area contributed by atoms with Gasteiger partial charge in [-0.25, -0.2) is 4.79 Å². The number of para-hydroxylation sites is 3. The number of hydrogen-bond donors (Lipinski definition) is 1. The Bertz CT molecular complexity index is 1110. The number of oxazole rings is 1. The molecule has 4 aromatic rings. The number of nitrogens with one attached hydrogen (secondary N) is 1. The standard InChI is InChI=1S/C18H13N3O3/c22-17(11-21-15-7-3-4-8-16(15)24-18(21)23)20-14-9-10-19-13-6-2-1-5-12(13)14/h1-10H,11H2,(H,19,20,22). The second kappa shape index (κ2) is 5.66. The van der Waals surface area contributed by atoms with Crippen LogP contribution in [0.2, 0.25) is 0 Å². The number of amides is 1. The molecule has 0 spiro atoms. The minimum absolute atomic E-state index is 0.119. The molecule has 0 atom stereocenters. The van der Waals surface area contributed by atoms with E-state index in [1.165, 1.54) is 4.57 Å². The molecule has 6 nitrogen and oxygen atoms in total. The van der Waals surface area contributed by atoms with Crippen molar-refractivity contribution >= 4 is 33.6 Å². The van der Waals surface area contributed by atoms with Crippen LogP contribution < -0.4 is 11.1 Å². The third-order valence-electron chi connectivity index (χ3n) is 3.80. The van der Waals surface area contributed by atoms with Crippen LogP contribution in [0.15, 0.2) is 70.0 Å². The number of carbonyl (C=O) groups excluding carboxylic acids is 1. The van der Waals surface area contributed by atoms with E-state index < -0.39 is 5.76 Å². The molecule has 0 unspecified atom stereocenters. The highest BCUT2D eigenvalue weighted by Crippen LogP contribution is 2.21. The lowest BCUT2D eigenvalue weighted by molar-refractivity contribution is -0.116. The maximum Gasteiger partial charge on any atom is 0.420 e. The highest BCUT2D eigenvalue weighted by atomic mass is 16.4. The number of pyridine rings is 1. The zero-order valence-electron chi connectivity index (χ0n) is 12.6. The first-order valence-electron chi connectivity index (χ1n) is 7.44. The number of aromatic nitrogens is 2. The molecule has 24 heavy (non-hydrogen) atoms. The Morgan fingerprint density at radius 2 is 1.88 bits per heavy atom. The smallest absolute Gasteiger partial charge is 0.408 e. The van der Waals surface area contributed by atoms with Crippen molar-refractivity contribution in [2.75, 3.05) is 5.32 Å². The van der Waals surface area contributed by atoms with Crippen molar-refractivity contribution in [1.29, 1.82) is 0 Å². The van der Waals surface area contributed by atoms with Crippen molar-refractivity contribution in [3.05, 3.63) is 71.3 Å². The van der Waals surface area contributed by atoms with E-state index in [2.05, 4.69) is 10.3 Å². The second-order valence-electron chi connectivity index (χ2n) is 5.35. The molecule has 0 fully saturated rings. The van der Waals surface area contributed by atoms with Crippen LogP contribution in [-0.4, -0.2) is 15.5 Å². The monoisotopic (exact) mass is 319 g/mol. The van der Waals surface area contributed by atoms with Crippen LogP contribution in [0.25, 0.3) is 22.0 Å². The summed E-state index contributed by atoms with van der Waals surface area (Å²) in [5, 5.41) is 3.68. The lowest BCUT2D eigenvalue weighted by Crippen LogP contribution is -2.24. The molecule has 1 N–H and O–H groups in total. The first kappa shape index (κ1) is 14.2. The summed E-state index contributed by atoms with van der Waals surface area (Å²) < 4.78 is 6.45. The molecule has 2 heterocycles. The third-order valence-corrected chi connectivity index (χ3v) is 3.80. The number of fused-ring (bicyclic) bond motifs is 2. The first-order valence-corrected chi connectivity index (χ1v) is 7.44. The Morgan fingerprint density at radius 1 is 1.08 bits per heavy atom. The van der Waals surface area contributed by atoms with Crippen LogP contribution in [0.1, 0.15) is 0 Å². The Morgan fingerprint density at radius 3 is 2.79 bits per heavy atom. The lowest BCUT2D eigenvalue weighted by atomic mass is 10.2. The molecule has 0 aliphatic rings. The minimum Gasteiger partial charge on any atom is -0.408 e. The number of anilines is 1. The van der Waals surface area contributed by atoms with Gasteiger partial charge in [0.15, 0.2) is 5.58 Å². The summed E-state index contributed by atoms with van der Waals surface area (Å²) in [6.07, 6.45) is 1.64. The van der Waals surface area contributed by atoms with Crippen molar-refractivity contribution in [3.63, 3.8) is 0 Å². The summed E-state index contributed by atoms with van der Waals surface area (Å²) in [5.74, 6) is -0.856. The van der Waals surface area contributed by atoms with E-state index >= 15 is 0 Å². The summed E-state index contributed by atoms with van der Waals surface area (Å²) in [6.45, 7) is -0.119. The maximum absolute atomic E-state index is 12.4. The van der Waals surface area contributed by atoms with Gasteiger partial charge < -0.3 is 9.73 Å². The molecule has 0 saturated carbocycles. The highest BCUT2D eigenvalue weighted by molar-refractivity contribution is 6.00. The van der Waals surface area contributed by atoms with E-state index in [1.54, 1.807) is 36.5 Å². The van der Waals surface area contributed by atoms with Gasteiger partial charge in [0, 0.05) is 11.6 Å². The Hall–Kier alpha value is -3.41. The van der Waals surface area contributed by atoms with Gasteiger partial charge in [0.05, 0.1) is 16.7 Å². The van der Waals surface area contributed by atoms with Gasteiger partial charge in [0.2, 0.25) is 5.91 Å². The normalized spacial score (nSPS) is 11.0. The van der Waals surface area contributed by atoms with Gasteiger partial charge >= 0.3 is 5.76 Å². The molecule has 0 bridgehead atoms. The van der Waals surface area contributed by atoms with Gasteiger partial charge in [-0.05, 0) is 24.3 Å². The predicted octanol–water partition coefficient (Wildman–Crippen LogP) is 2.78. The van der Waals surface area contributed by atoms with E-state index in [1.807, 2.05) is 24.3 Å². The van der Waals surface area contributed by atoms with Crippen molar-refractivity contribution in [3.8, 4) is 0 Å². The SMILES string of the molecule is O=C(Cn1c(=O)oc2ccccc21)Nc1ccnc2ccccc12. The summed E-state index contributed by atoms with van der Waals surface area (Å²) in [4.78, 5) is 28.6. The van der Waals surface area contributed by atoms with Crippen LogP contribution in [0, 0.1) is 0 Å². The lowest BCUT2D eigenvalue weighted by Gasteiger charge is -2.08. The van der Waals surface area contributed by atoms with Crippen LogP contribution in [0.3, 0.4) is 0 Å². The largest absolute Gasteiger partial charge is 0.420 e. The average Bonchev–Trinajstić information content (AvgIpc) is 2.91. The predicted molar refractivity (Wildman–Crippen MR) is 90.8 cm³/mol. The summed E-state index contributed by atoms with van der Waals surface area (Å²) in [6, 6.07) is 16.3. The topological polar surface area (TPSA) is 77.1 Å². The number of nitrogens with zero attached hydrogens (tertiary/aromatic N) is 2. The minimum atomic E-state index is -0.550. The van der Waals surface area contributed by atoms with Gasteiger partial charge in [-0.15, -0.1) is 0 Å². The molecule has 1 amide bonds. The van der Waals surface area contributed by atoms with E-state index in [-0.39, 0.29) is 12.5 Å². The van der Waals surface area contributed by atoms with Crippen LogP contribution in [0.4, 0.5) is 5.69 Å². The highest BCUT2D eigenvalue weighted by Gasteiger charge is 2.13. The van der Waals surface area contributed by atoms with E-state index in [0.29, 0.717) is 16.8 Å². The van der Waals surface area contributed by atoms with Gasteiger partial charge in [-0.2, -0.15) is 0 Å². The molecular weight excluding hydrogens is 306 g/mol. The van der Waals surface area contributed by atoms with Crippen LogP contribution in [0.5, 0.6) is 0 Å². The summed E-state index contributed by atoms with van der Waals surface area (Å²) in [5.41, 5.74) is 2.51. The fourth-order valence-corrected chi connectivity index (χ4v) is 2.70. The third kappa shape index (κ3) is 2.44. The van der Waals surface area contributed by atoms with Crippen molar-refractivity contribution in [1.82, 2.24) is 9.55 Å². The molecule has 0 aliphatic heterocycles. The molecule has 6 heteroatoms. The fourth-order valence-electron chi connectivity index (χ4n) is 2.70. The summed E-state index contributed by atoms with van der Waals surface area (Å²) in [7, 11) is 0. The first-order chi connectivity index (χ1) is 11.7. The Labute approximate surface area is 136 Å². The maximum atomic E-state index is 12.4. The quantitative estimate of drug-likeness (QED) is 0.630. The average molecular weight is 319 g/mol. The number of rotatable bonds is 3. The number of carbonyl (C=O) groups is 1. The van der Waals surface area contributed by atoms with Gasteiger partial charge in [0.1, 0.15) is 6.54 Å². The van der Waals surface area contributed by atoms with Gasteiger partial charge in [0.25, 0.3) is 0 Å². The van der Waals surface area contributed by atoms with Gasteiger partial charge in [-0.3, -0.25) is 14.3 Å². The Balaban J connectivity index is 1.65. The van der Waals surface area contributed by atoms with Crippen LogP contribution >= 0.6 is 0 Å². The van der Waals surface area contributed by atoms with E-state index in [4.69, 9.17) is 4.42 Å². The zero-order valence-corrected chi connectivity index (χ0v) is 12.6. The molecule has 4 rings (SSSR count). The molecule has 0 radical (unpaired) electrons. The van der Waals surface area contributed by atoms with Crippen LogP contribution in [-0.2, 0) is 11.3 Å². The zero-order chi connectivity index (χ0) is 16.5. The van der Waals surface area contributed by atoms with E-state index in [0.717, 1.165) is 10.9 Å². The fraction of sp³-hybridized carbons (Fsp3) is 0.0556. The second-order valence-corrected chi connectivity index (χ2v) is 5.35. The molecule has 118 valence electrons.